The Labute approximate surface area is 163 Å². The number of fused-ring (bicyclic) bond motifs is 2. The van der Waals surface area contributed by atoms with Gasteiger partial charge in [0, 0.05) is 35.1 Å². The highest BCUT2D eigenvalue weighted by Gasteiger charge is 2.23. The first-order valence-corrected chi connectivity index (χ1v) is 10.2. The van der Waals surface area contributed by atoms with Gasteiger partial charge >= 0.3 is 0 Å². The van der Waals surface area contributed by atoms with E-state index in [1.54, 1.807) is 6.33 Å². The van der Waals surface area contributed by atoms with Crippen LogP contribution in [-0.2, 0) is 6.54 Å². The van der Waals surface area contributed by atoms with Gasteiger partial charge in [0.1, 0.15) is 6.33 Å². The van der Waals surface area contributed by atoms with Crippen LogP contribution in [0.5, 0.6) is 0 Å². The van der Waals surface area contributed by atoms with Gasteiger partial charge in [0.2, 0.25) is 0 Å². The Morgan fingerprint density at radius 1 is 1.00 bits per heavy atom. The minimum Gasteiger partial charge on any atom is -0.302 e. The van der Waals surface area contributed by atoms with Crippen LogP contribution in [0, 0.1) is 0 Å². The molecule has 3 heterocycles. The molecule has 4 heteroatoms. The number of rotatable bonds is 2. The van der Waals surface area contributed by atoms with Crippen LogP contribution in [0.25, 0.3) is 21.2 Å². The van der Waals surface area contributed by atoms with Gasteiger partial charge in [-0.05, 0) is 77.3 Å². The summed E-state index contributed by atoms with van der Waals surface area (Å²) in [5.41, 5.74) is 6.55. The third kappa shape index (κ3) is 3.15. The molecule has 1 atom stereocenters. The third-order valence-electron chi connectivity index (χ3n) is 5.53. The van der Waals surface area contributed by atoms with Crippen LogP contribution in [0.1, 0.15) is 29.0 Å². The summed E-state index contributed by atoms with van der Waals surface area (Å²) in [6, 6.07) is 16.1. The lowest BCUT2D eigenvalue weighted by Crippen LogP contribution is -2.17. The zero-order valence-corrected chi connectivity index (χ0v) is 16.1. The van der Waals surface area contributed by atoms with Crippen molar-refractivity contribution in [2.75, 3.05) is 13.6 Å². The molecule has 0 amide bonds. The highest BCUT2D eigenvalue weighted by Crippen LogP contribution is 2.37. The van der Waals surface area contributed by atoms with Crippen molar-refractivity contribution in [3.63, 3.8) is 0 Å². The lowest BCUT2D eigenvalue weighted by Gasteiger charge is -2.19. The van der Waals surface area contributed by atoms with E-state index in [1.807, 2.05) is 23.7 Å². The molecular formula is C23H21N3S. The van der Waals surface area contributed by atoms with Crippen molar-refractivity contribution in [1.29, 1.82) is 0 Å². The van der Waals surface area contributed by atoms with E-state index in [4.69, 9.17) is 0 Å². The third-order valence-corrected chi connectivity index (χ3v) is 6.43. The van der Waals surface area contributed by atoms with Crippen LogP contribution in [0.15, 0.2) is 66.6 Å². The standard InChI is InChI=1S/C23H21N3S/c1-26-8-6-22(17-3-5-23-18(11-17)7-9-27-23)21-4-2-16(10-19(21)14-26)20-12-24-15-25-13-20/h2-5,7,9-13,15,22H,6,8,14H2,1H3. The second-order valence-electron chi connectivity index (χ2n) is 7.34. The molecule has 0 N–H and O–H groups in total. The Bertz CT molecular complexity index is 1090. The SMILES string of the molecule is CN1CCC(c2ccc3sccc3c2)c2ccc(-c3cncnc3)cc2C1. The quantitative estimate of drug-likeness (QED) is 0.477. The van der Waals surface area contributed by atoms with Gasteiger partial charge < -0.3 is 4.90 Å². The zero-order valence-electron chi connectivity index (χ0n) is 15.3. The monoisotopic (exact) mass is 371 g/mol. The van der Waals surface area contributed by atoms with E-state index in [2.05, 4.69) is 69.8 Å². The molecule has 1 aliphatic rings. The fourth-order valence-corrected chi connectivity index (χ4v) is 4.90. The average Bonchev–Trinajstić information content (AvgIpc) is 3.10. The van der Waals surface area contributed by atoms with Crippen molar-refractivity contribution in [2.45, 2.75) is 18.9 Å². The first kappa shape index (κ1) is 16.6. The van der Waals surface area contributed by atoms with Crippen LogP contribution in [-0.4, -0.2) is 28.5 Å². The van der Waals surface area contributed by atoms with Crippen LogP contribution in [0.3, 0.4) is 0 Å². The van der Waals surface area contributed by atoms with Crippen LogP contribution in [0.4, 0.5) is 0 Å². The second kappa shape index (κ2) is 6.87. The number of thiophene rings is 1. The maximum absolute atomic E-state index is 4.17. The van der Waals surface area contributed by atoms with Crippen molar-refractivity contribution in [1.82, 2.24) is 14.9 Å². The predicted octanol–water partition coefficient (Wildman–Crippen LogP) is 5.33. The largest absolute Gasteiger partial charge is 0.302 e. The van der Waals surface area contributed by atoms with Gasteiger partial charge in [-0.2, -0.15) is 0 Å². The summed E-state index contributed by atoms with van der Waals surface area (Å²) in [4.78, 5) is 10.8. The Balaban J connectivity index is 1.60. The molecule has 0 radical (unpaired) electrons. The van der Waals surface area contributed by atoms with Gasteiger partial charge in [0.25, 0.3) is 0 Å². The second-order valence-corrected chi connectivity index (χ2v) is 8.29. The van der Waals surface area contributed by atoms with Gasteiger partial charge in [-0.25, -0.2) is 9.97 Å². The van der Waals surface area contributed by atoms with Crippen LogP contribution in [0.2, 0.25) is 0 Å². The molecule has 3 nitrogen and oxygen atoms in total. The molecule has 134 valence electrons. The molecule has 5 rings (SSSR count). The van der Waals surface area contributed by atoms with Crippen LogP contribution >= 0.6 is 11.3 Å². The van der Waals surface area contributed by atoms with Crippen molar-refractivity contribution in [3.8, 4) is 11.1 Å². The molecule has 0 fully saturated rings. The van der Waals surface area contributed by atoms with E-state index in [0.717, 1.165) is 25.1 Å². The van der Waals surface area contributed by atoms with E-state index in [-0.39, 0.29) is 0 Å². The molecule has 4 aromatic rings. The van der Waals surface area contributed by atoms with E-state index < -0.39 is 0 Å². The number of nitrogens with zero attached hydrogens (tertiary/aromatic N) is 3. The van der Waals surface area contributed by atoms with E-state index >= 15 is 0 Å². The number of aromatic nitrogens is 2. The van der Waals surface area contributed by atoms with E-state index in [1.165, 1.54) is 32.3 Å². The van der Waals surface area contributed by atoms with Gasteiger partial charge in [0.15, 0.2) is 0 Å². The molecule has 0 aliphatic carbocycles. The van der Waals surface area contributed by atoms with Crippen molar-refractivity contribution >= 4 is 21.4 Å². The molecule has 1 aliphatic heterocycles. The van der Waals surface area contributed by atoms with E-state index in [9.17, 15) is 0 Å². The normalized spacial score (nSPS) is 17.6. The molecule has 0 spiro atoms. The van der Waals surface area contributed by atoms with Gasteiger partial charge in [0.05, 0.1) is 0 Å². The van der Waals surface area contributed by atoms with Crippen molar-refractivity contribution in [2.24, 2.45) is 0 Å². The molecule has 27 heavy (non-hydrogen) atoms. The average molecular weight is 372 g/mol. The Morgan fingerprint density at radius 3 is 2.78 bits per heavy atom. The number of benzene rings is 2. The van der Waals surface area contributed by atoms with Crippen molar-refractivity contribution in [3.05, 3.63) is 83.3 Å². The maximum Gasteiger partial charge on any atom is 0.115 e. The predicted molar refractivity (Wildman–Crippen MR) is 112 cm³/mol. The lowest BCUT2D eigenvalue weighted by molar-refractivity contribution is 0.328. The Kier molecular flexibility index (Phi) is 4.23. The molecule has 1 unspecified atom stereocenters. The summed E-state index contributed by atoms with van der Waals surface area (Å²) >= 11 is 1.81. The summed E-state index contributed by atoms with van der Waals surface area (Å²) in [6.07, 6.45) is 6.50. The van der Waals surface area contributed by atoms with Crippen molar-refractivity contribution < 1.29 is 0 Å². The first-order valence-electron chi connectivity index (χ1n) is 9.32. The first-order chi connectivity index (χ1) is 13.3. The molecule has 0 saturated carbocycles. The van der Waals surface area contributed by atoms with E-state index in [0.29, 0.717) is 5.92 Å². The zero-order chi connectivity index (χ0) is 18.2. The van der Waals surface area contributed by atoms with Gasteiger partial charge in [-0.3, -0.25) is 0 Å². The molecule has 2 aromatic heterocycles. The molecule has 2 aromatic carbocycles. The minimum absolute atomic E-state index is 0.440. The van der Waals surface area contributed by atoms with Gasteiger partial charge in [-0.15, -0.1) is 11.3 Å². The summed E-state index contributed by atoms with van der Waals surface area (Å²) in [7, 11) is 2.21. The highest BCUT2D eigenvalue weighted by atomic mass is 32.1. The fraction of sp³-hybridized carbons (Fsp3) is 0.217. The fourth-order valence-electron chi connectivity index (χ4n) is 4.13. The molecular weight excluding hydrogens is 350 g/mol. The highest BCUT2D eigenvalue weighted by molar-refractivity contribution is 7.17. The summed E-state index contributed by atoms with van der Waals surface area (Å²) in [5.74, 6) is 0.440. The lowest BCUT2D eigenvalue weighted by atomic mass is 9.85. The maximum atomic E-state index is 4.17. The van der Waals surface area contributed by atoms with Gasteiger partial charge in [-0.1, -0.05) is 18.2 Å². The number of hydrogen-bond donors (Lipinski definition) is 0. The summed E-state index contributed by atoms with van der Waals surface area (Å²) < 4.78 is 1.36. The summed E-state index contributed by atoms with van der Waals surface area (Å²) in [6.45, 7) is 2.08. The topological polar surface area (TPSA) is 29.0 Å². The van der Waals surface area contributed by atoms with Crippen LogP contribution < -0.4 is 0 Å². The Morgan fingerprint density at radius 2 is 1.89 bits per heavy atom. The molecule has 0 saturated heterocycles. The number of hydrogen-bond acceptors (Lipinski definition) is 4. The minimum atomic E-state index is 0.440. The smallest absolute Gasteiger partial charge is 0.115 e. The summed E-state index contributed by atoms with van der Waals surface area (Å²) in [5, 5.41) is 3.53. The molecule has 0 bridgehead atoms. The Hall–Kier alpha value is -2.56.